The molecule has 128 valence electrons. The fraction of sp³-hybridized carbons (Fsp3) is 0.267. The van der Waals surface area contributed by atoms with Crippen molar-refractivity contribution in [3.63, 3.8) is 0 Å². The lowest BCUT2D eigenvalue weighted by atomic mass is 10.0. The molecule has 1 aromatic carbocycles. The van der Waals surface area contributed by atoms with Crippen molar-refractivity contribution in [2.75, 3.05) is 11.4 Å². The summed E-state index contributed by atoms with van der Waals surface area (Å²) in [5.74, 6) is -2.15. The molecule has 1 saturated heterocycles. The topological polar surface area (TPSA) is 92.3 Å². The predicted molar refractivity (Wildman–Crippen MR) is 93.0 cm³/mol. The highest BCUT2D eigenvalue weighted by atomic mass is 127. The molecule has 9 heteroatoms. The lowest BCUT2D eigenvalue weighted by molar-refractivity contribution is 0.0994. The molecule has 3 N–H and O–H groups in total. The van der Waals surface area contributed by atoms with Crippen molar-refractivity contribution in [2.45, 2.75) is 18.6 Å². The van der Waals surface area contributed by atoms with E-state index < -0.39 is 23.6 Å². The number of carbonyl (C=O) groups is 1. The Kier molecular flexibility index (Phi) is 5.65. The van der Waals surface area contributed by atoms with Gasteiger partial charge < -0.3 is 15.7 Å². The van der Waals surface area contributed by atoms with Crippen LogP contribution in [0.2, 0.25) is 0 Å². The van der Waals surface area contributed by atoms with Crippen LogP contribution in [-0.2, 0) is 0 Å². The van der Waals surface area contributed by atoms with Crippen LogP contribution in [0.5, 0.6) is 0 Å². The van der Waals surface area contributed by atoms with Crippen LogP contribution in [0.1, 0.15) is 28.5 Å². The molecule has 0 aliphatic carbocycles. The molecule has 3 rings (SSSR count). The van der Waals surface area contributed by atoms with E-state index in [9.17, 15) is 18.7 Å². The largest absolute Gasteiger partial charge is 0.391 e. The van der Waals surface area contributed by atoms with Crippen LogP contribution in [0.3, 0.4) is 0 Å². The zero-order valence-corrected chi connectivity index (χ0v) is 14.7. The van der Waals surface area contributed by atoms with Crippen molar-refractivity contribution >= 4 is 35.7 Å². The number of nitrogens with zero attached hydrogens (tertiary/aromatic N) is 3. The zero-order valence-electron chi connectivity index (χ0n) is 12.4. The summed E-state index contributed by atoms with van der Waals surface area (Å²) in [5.41, 5.74) is 5.67. The fourth-order valence-electron chi connectivity index (χ4n) is 2.71. The summed E-state index contributed by atoms with van der Waals surface area (Å²) in [4.78, 5) is 12.8. The highest BCUT2D eigenvalue weighted by Gasteiger charge is 2.33. The molecule has 2 heterocycles. The van der Waals surface area contributed by atoms with Gasteiger partial charge in [0.2, 0.25) is 0 Å². The molecule has 0 spiro atoms. The summed E-state index contributed by atoms with van der Waals surface area (Å²) < 4.78 is 26.6. The van der Waals surface area contributed by atoms with Gasteiger partial charge in [0.05, 0.1) is 12.1 Å². The second-order valence-corrected chi connectivity index (χ2v) is 5.37. The first-order valence-corrected chi connectivity index (χ1v) is 6.99. The number of β-amino-alcohol motifs (C(OH)–C–C–N with tert-alkyl or cyclic N) is 1. The minimum atomic E-state index is -0.945. The summed E-state index contributed by atoms with van der Waals surface area (Å²) in [5, 5.41) is 17.6. The molecule has 1 fully saturated rings. The van der Waals surface area contributed by atoms with Gasteiger partial charge in [0.1, 0.15) is 0 Å². The molecule has 1 amide bonds. The number of amides is 1. The van der Waals surface area contributed by atoms with Crippen molar-refractivity contribution in [1.29, 1.82) is 0 Å². The maximum absolute atomic E-state index is 13.5. The third kappa shape index (κ3) is 3.61. The average molecular weight is 448 g/mol. The number of aliphatic hydroxyl groups is 1. The van der Waals surface area contributed by atoms with Gasteiger partial charge in [0, 0.05) is 6.54 Å². The highest BCUT2D eigenvalue weighted by molar-refractivity contribution is 14.0. The number of nitrogens with two attached hydrogens (primary N) is 1. The van der Waals surface area contributed by atoms with Gasteiger partial charge in [-0.2, -0.15) is 0 Å². The molecule has 24 heavy (non-hydrogen) atoms. The van der Waals surface area contributed by atoms with Gasteiger partial charge in [-0.3, -0.25) is 4.79 Å². The van der Waals surface area contributed by atoms with Crippen LogP contribution in [0.4, 0.5) is 14.6 Å². The summed E-state index contributed by atoms with van der Waals surface area (Å²) in [6, 6.07) is 6.24. The summed E-state index contributed by atoms with van der Waals surface area (Å²) >= 11 is 0. The molecule has 1 aromatic heterocycles. The molecule has 0 radical (unpaired) electrons. The van der Waals surface area contributed by atoms with Gasteiger partial charge in [0.15, 0.2) is 23.1 Å². The third-order valence-corrected chi connectivity index (χ3v) is 3.80. The Labute approximate surface area is 153 Å². The second kappa shape index (κ2) is 7.34. The first kappa shape index (κ1) is 18.5. The van der Waals surface area contributed by atoms with Crippen LogP contribution in [0.25, 0.3) is 0 Å². The number of hydrogen-bond acceptors (Lipinski definition) is 5. The number of halogens is 3. The minimum absolute atomic E-state index is 0. The lowest BCUT2D eigenvalue weighted by Crippen LogP contribution is -2.26. The molecule has 1 aliphatic rings. The monoisotopic (exact) mass is 448 g/mol. The number of anilines is 1. The van der Waals surface area contributed by atoms with Gasteiger partial charge in [-0.25, -0.2) is 8.78 Å². The average Bonchev–Trinajstić information content (AvgIpc) is 2.92. The Morgan fingerprint density at radius 3 is 2.54 bits per heavy atom. The number of aliphatic hydroxyl groups excluding tert-OH is 1. The van der Waals surface area contributed by atoms with E-state index in [-0.39, 0.29) is 42.3 Å². The SMILES string of the molecule is I.NC(=O)c1ccc(N2CC(O)CC2c2ccc(F)c(F)c2)nn1. The molecule has 2 unspecified atom stereocenters. The van der Waals surface area contributed by atoms with E-state index in [4.69, 9.17) is 5.73 Å². The Hall–Kier alpha value is -1.88. The van der Waals surface area contributed by atoms with Crippen LogP contribution in [0, 0.1) is 11.6 Å². The van der Waals surface area contributed by atoms with Gasteiger partial charge in [-0.1, -0.05) is 6.07 Å². The molecule has 2 aromatic rings. The maximum atomic E-state index is 13.5. The molecule has 0 saturated carbocycles. The smallest absolute Gasteiger partial charge is 0.269 e. The number of rotatable bonds is 3. The Morgan fingerprint density at radius 1 is 1.21 bits per heavy atom. The van der Waals surface area contributed by atoms with Gasteiger partial charge in [-0.15, -0.1) is 34.2 Å². The Morgan fingerprint density at radius 2 is 1.96 bits per heavy atom. The predicted octanol–water partition coefficient (Wildman–Crippen LogP) is 1.78. The minimum Gasteiger partial charge on any atom is -0.391 e. The van der Waals surface area contributed by atoms with Gasteiger partial charge in [-0.05, 0) is 36.2 Å². The van der Waals surface area contributed by atoms with E-state index in [1.54, 1.807) is 11.0 Å². The third-order valence-electron chi connectivity index (χ3n) is 3.80. The summed E-state index contributed by atoms with van der Waals surface area (Å²) in [7, 11) is 0. The molecular formula is C15H15F2IN4O2. The van der Waals surface area contributed by atoms with Crippen LogP contribution >= 0.6 is 24.0 Å². The second-order valence-electron chi connectivity index (χ2n) is 5.37. The van der Waals surface area contributed by atoms with E-state index >= 15 is 0 Å². The van der Waals surface area contributed by atoms with E-state index in [1.807, 2.05) is 0 Å². The normalized spacial score (nSPS) is 19.9. The summed E-state index contributed by atoms with van der Waals surface area (Å²) in [6.07, 6.45) is -0.282. The van der Waals surface area contributed by atoms with Gasteiger partial charge >= 0.3 is 0 Å². The summed E-state index contributed by atoms with van der Waals surface area (Å²) in [6.45, 7) is 0.272. The number of carbonyl (C=O) groups excluding carboxylic acids is 1. The van der Waals surface area contributed by atoms with E-state index in [1.165, 1.54) is 12.1 Å². The quantitative estimate of drug-likeness (QED) is 0.699. The molecular weight excluding hydrogens is 433 g/mol. The van der Waals surface area contributed by atoms with Crippen LogP contribution in [-0.4, -0.2) is 33.9 Å². The van der Waals surface area contributed by atoms with Crippen LogP contribution in [0.15, 0.2) is 30.3 Å². The van der Waals surface area contributed by atoms with E-state index in [0.717, 1.165) is 12.1 Å². The molecule has 0 bridgehead atoms. The number of hydrogen-bond donors (Lipinski definition) is 2. The Balaban J connectivity index is 0.00000208. The van der Waals surface area contributed by atoms with E-state index in [2.05, 4.69) is 10.2 Å². The highest BCUT2D eigenvalue weighted by Crippen LogP contribution is 2.35. The molecule has 1 aliphatic heterocycles. The number of benzene rings is 1. The zero-order chi connectivity index (χ0) is 16.6. The first-order valence-electron chi connectivity index (χ1n) is 6.99. The molecule has 6 nitrogen and oxygen atoms in total. The van der Waals surface area contributed by atoms with Crippen molar-refractivity contribution in [3.05, 3.63) is 53.2 Å². The van der Waals surface area contributed by atoms with Crippen LogP contribution < -0.4 is 10.6 Å². The first-order chi connectivity index (χ1) is 11.0. The fourth-order valence-corrected chi connectivity index (χ4v) is 2.71. The van der Waals surface area contributed by atoms with Crippen molar-refractivity contribution in [3.8, 4) is 0 Å². The van der Waals surface area contributed by atoms with Crippen molar-refractivity contribution in [1.82, 2.24) is 10.2 Å². The van der Waals surface area contributed by atoms with E-state index in [0.29, 0.717) is 17.8 Å². The lowest BCUT2D eigenvalue weighted by Gasteiger charge is -2.25. The number of primary amides is 1. The molecule has 2 atom stereocenters. The van der Waals surface area contributed by atoms with Gasteiger partial charge in [0.25, 0.3) is 5.91 Å². The Bertz CT molecular complexity index is 745. The standard InChI is InChI=1S/C15H14F2N4O2.HI/c16-10-2-1-8(5-11(10)17)13-6-9(22)7-21(13)14-4-3-12(15(18)23)19-20-14;/h1-5,9,13,22H,6-7H2,(H2,18,23);1H. The number of aromatic nitrogens is 2. The van der Waals surface area contributed by atoms with Crippen molar-refractivity contribution in [2.24, 2.45) is 5.73 Å². The van der Waals surface area contributed by atoms with Crippen molar-refractivity contribution < 1.29 is 18.7 Å². The maximum Gasteiger partial charge on any atom is 0.269 e.